The van der Waals surface area contributed by atoms with Crippen LogP contribution in [0.25, 0.3) is 0 Å². The van der Waals surface area contributed by atoms with Crippen molar-refractivity contribution >= 4 is 0 Å². The zero-order chi connectivity index (χ0) is 9.84. The van der Waals surface area contributed by atoms with Crippen molar-refractivity contribution in [3.05, 3.63) is 0 Å². The molecule has 0 amide bonds. The lowest BCUT2D eigenvalue weighted by atomic mass is 10.1. The van der Waals surface area contributed by atoms with E-state index in [2.05, 4.69) is 43.1 Å². The molecule has 1 saturated heterocycles. The largest absolute Gasteiger partial charge is 0.311 e. The van der Waals surface area contributed by atoms with Crippen LogP contribution in [-0.4, -0.2) is 62.2 Å². The second-order valence-corrected chi connectivity index (χ2v) is 4.46. The molecular weight excluding hydrogens is 162 g/mol. The molecule has 1 heterocycles. The first-order valence-corrected chi connectivity index (χ1v) is 5.21. The number of hydrogen-bond acceptors (Lipinski definition) is 3. The van der Waals surface area contributed by atoms with Crippen molar-refractivity contribution in [2.75, 3.05) is 40.3 Å². The zero-order valence-electron chi connectivity index (χ0n) is 9.38. The van der Waals surface area contributed by atoms with E-state index in [0.29, 0.717) is 12.1 Å². The van der Waals surface area contributed by atoms with Crippen LogP contribution < -0.4 is 5.32 Å². The SMILES string of the molecule is CC1CN(CCN(C)C)C(C)CN1. The van der Waals surface area contributed by atoms with Gasteiger partial charge in [0.15, 0.2) is 0 Å². The highest BCUT2D eigenvalue weighted by Crippen LogP contribution is 2.05. The Morgan fingerprint density at radius 3 is 2.69 bits per heavy atom. The van der Waals surface area contributed by atoms with Gasteiger partial charge in [0.05, 0.1) is 0 Å². The van der Waals surface area contributed by atoms with Gasteiger partial charge in [-0.25, -0.2) is 0 Å². The molecule has 0 aromatic heterocycles. The minimum Gasteiger partial charge on any atom is -0.311 e. The van der Waals surface area contributed by atoms with E-state index in [4.69, 9.17) is 0 Å². The first-order chi connectivity index (χ1) is 6.09. The predicted octanol–water partition coefficient (Wildman–Crippen LogP) is 0.230. The van der Waals surface area contributed by atoms with Crippen molar-refractivity contribution in [1.82, 2.24) is 15.1 Å². The monoisotopic (exact) mass is 185 g/mol. The van der Waals surface area contributed by atoms with Gasteiger partial charge < -0.3 is 10.2 Å². The molecule has 78 valence electrons. The molecule has 2 atom stereocenters. The van der Waals surface area contributed by atoms with Crippen LogP contribution in [0.3, 0.4) is 0 Å². The summed E-state index contributed by atoms with van der Waals surface area (Å²) < 4.78 is 0. The maximum Gasteiger partial charge on any atom is 0.0193 e. The number of rotatable bonds is 3. The quantitative estimate of drug-likeness (QED) is 0.679. The summed E-state index contributed by atoms with van der Waals surface area (Å²) in [5.41, 5.74) is 0. The number of piperazine rings is 1. The van der Waals surface area contributed by atoms with Crippen molar-refractivity contribution in [3.8, 4) is 0 Å². The minimum absolute atomic E-state index is 0.651. The van der Waals surface area contributed by atoms with Crippen LogP contribution in [0.4, 0.5) is 0 Å². The number of nitrogens with zero attached hydrogens (tertiary/aromatic N) is 2. The highest BCUT2D eigenvalue weighted by Gasteiger charge is 2.21. The highest BCUT2D eigenvalue weighted by molar-refractivity contribution is 4.81. The molecule has 1 rings (SSSR count). The lowest BCUT2D eigenvalue weighted by molar-refractivity contribution is 0.135. The summed E-state index contributed by atoms with van der Waals surface area (Å²) in [6, 6.07) is 1.34. The van der Waals surface area contributed by atoms with Crippen molar-refractivity contribution in [2.45, 2.75) is 25.9 Å². The van der Waals surface area contributed by atoms with Gasteiger partial charge in [-0.05, 0) is 27.9 Å². The lowest BCUT2D eigenvalue weighted by Crippen LogP contribution is -2.55. The van der Waals surface area contributed by atoms with Gasteiger partial charge in [0, 0.05) is 38.3 Å². The lowest BCUT2D eigenvalue weighted by Gasteiger charge is -2.38. The molecule has 2 unspecified atom stereocenters. The summed E-state index contributed by atoms with van der Waals surface area (Å²) in [7, 11) is 4.27. The van der Waals surface area contributed by atoms with Gasteiger partial charge >= 0.3 is 0 Å². The van der Waals surface area contributed by atoms with Gasteiger partial charge in [-0.1, -0.05) is 0 Å². The molecule has 1 aliphatic heterocycles. The Morgan fingerprint density at radius 1 is 1.38 bits per heavy atom. The van der Waals surface area contributed by atoms with E-state index < -0.39 is 0 Å². The third-order valence-corrected chi connectivity index (χ3v) is 2.73. The van der Waals surface area contributed by atoms with Crippen LogP contribution in [0, 0.1) is 0 Å². The smallest absolute Gasteiger partial charge is 0.0193 e. The third kappa shape index (κ3) is 3.63. The molecule has 0 aromatic carbocycles. The first kappa shape index (κ1) is 11.0. The molecule has 3 nitrogen and oxygen atoms in total. The van der Waals surface area contributed by atoms with Gasteiger partial charge in [-0.2, -0.15) is 0 Å². The normalized spacial score (nSPS) is 31.2. The van der Waals surface area contributed by atoms with E-state index in [1.807, 2.05) is 0 Å². The topological polar surface area (TPSA) is 18.5 Å². The first-order valence-electron chi connectivity index (χ1n) is 5.21. The average Bonchev–Trinajstić information content (AvgIpc) is 2.06. The summed E-state index contributed by atoms with van der Waals surface area (Å²) in [5, 5.41) is 3.49. The van der Waals surface area contributed by atoms with E-state index in [1.54, 1.807) is 0 Å². The Morgan fingerprint density at radius 2 is 2.08 bits per heavy atom. The fourth-order valence-electron chi connectivity index (χ4n) is 1.74. The summed E-state index contributed by atoms with van der Waals surface area (Å²) >= 11 is 0. The number of nitrogens with one attached hydrogen (secondary N) is 1. The number of hydrogen-bond donors (Lipinski definition) is 1. The predicted molar refractivity (Wildman–Crippen MR) is 57.1 cm³/mol. The molecule has 1 aliphatic rings. The second-order valence-electron chi connectivity index (χ2n) is 4.46. The van der Waals surface area contributed by atoms with Gasteiger partial charge in [-0.3, -0.25) is 4.90 Å². The number of likely N-dealkylation sites (N-methyl/N-ethyl adjacent to an activating group) is 1. The molecule has 0 aromatic rings. The molecule has 3 heteroatoms. The van der Waals surface area contributed by atoms with Crippen LogP contribution in [0.2, 0.25) is 0 Å². The molecule has 0 bridgehead atoms. The fourth-order valence-corrected chi connectivity index (χ4v) is 1.74. The molecule has 0 spiro atoms. The van der Waals surface area contributed by atoms with Gasteiger partial charge in [0.25, 0.3) is 0 Å². The molecule has 1 fully saturated rings. The van der Waals surface area contributed by atoms with E-state index >= 15 is 0 Å². The van der Waals surface area contributed by atoms with Crippen LogP contribution in [0.15, 0.2) is 0 Å². The van der Waals surface area contributed by atoms with Crippen LogP contribution in [-0.2, 0) is 0 Å². The molecule has 0 aliphatic carbocycles. The maximum atomic E-state index is 3.49. The molecule has 0 saturated carbocycles. The Balaban J connectivity index is 2.29. The van der Waals surface area contributed by atoms with E-state index in [1.165, 1.54) is 13.1 Å². The Kier molecular flexibility index (Phi) is 4.16. The van der Waals surface area contributed by atoms with Crippen molar-refractivity contribution in [2.24, 2.45) is 0 Å². The Labute approximate surface area is 82.1 Å². The Bertz CT molecular complexity index is 147. The van der Waals surface area contributed by atoms with E-state index in [0.717, 1.165) is 13.1 Å². The molecule has 0 radical (unpaired) electrons. The summed E-state index contributed by atoms with van der Waals surface area (Å²) in [4.78, 5) is 4.82. The summed E-state index contributed by atoms with van der Waals surface area (Å²) in [6.07, 6.45) is 0. The molecule has 1 N–H and O–H groups in total. The van der Waals surface area contributed by atoms with Crippen LogP contribution >= 0.6 is 0 Å². The van der Waals surface area contributed by atoms with Gasteiger partial charge in [0.1, 0.15) is 0 Å². The van der Waals surface area contributed by atoms with E-state index in [-0.39, 0.29) is 0 Å². The molecule has 13 heavy (non-hydrogen) atoms. The van der Waals surface area contributed by atoms with Crippen LogP contribution in [0.5, 0.6) is 0 Å². The minimum atomic E-state index is 0.651. The fraction of sp³-hybridized carbons (Fsp3) is 1.00. The van der Waals surface area contributed by atoms with Gasteiger partial charge in [-0.15, -0.1) is 0 Å². The van der Waals surface area contributed by atoms with Crippen LogP contribution in [0.1, 0.15) is 13.8 Å². The Hall–Kier alpha value is -0.120. The summed E-state index contributed by atoms with van der Waals surface area (Å²) in [6.45, 7) is 9.24. The van der Waals surface area contributed by atoms with Crippen molar-refractivity contribution < 1.29 is 0 Å². The average molecular weight is 185 g/mol. The maximum absolute atomic E-state index is 3.49. The standard InChI is InChI=1S/C10H23N3/c1-9-8-13(6-5-12(3)4)10(2)7-11-9/h9-11H,5-8H2,1-4H3. The highest BCUT2D eigenvalue weighted by atomic mass is 15.2. The second kappa shape index (κ2) is 4.94. The van der Waals surface area contributed by atoms with Crippen molar-refractivity contribution in [3.63, 3.8) is 0 Å². The third-order valence-electron chi connectivity index (χ3n) is 2.73. The summed E-state index contributed by atoms with van der Waals surface area (Å²) in [5.74, 6) is 0. The van der Waals surface area contributed by atoms with Gasteiger partial charge in [0.2, 0.25) is 0 Å². The zero-order valence-corrected chi connectivity index (χ0v) is 9.38. The van der Waals surface area contributed by atoms with E-state index in [9.17, 15) is 0 Å². The van der Waals surface area contributed by atoms with Crippen molar-refractivity contribution in [1.29, 1.82) is 0 Å². The molecular formula is C10H23N3.